The summed E-state index contributed by atoms with van der Waals surface area (Å²) in [5, 5.41) is 2.87. The Morgan fingerprint density at radius 2 is 1.57 bits per heavy atom. The Morgan fingerprint density at radius 3 is 2.48 bits per heavy atom. The maximum atomic E-state index is 2.47. The standard InChI is InChI=1S/C21H20/c1-2-7-15(8-3-1)20-17-12-13-19(20)21-16-9-5-4-6-14(16)10-11-18(17)21/h4-6,9-13,17,19H,1-3,7-8H2. The highest BCUT2D eigenvalue weighted by Gasteiger charge is 2.40. The van der Waals surface area contributed by atoms with Crippen LogP contribution >= 0.6 is 0 Å². The lowest BCUT2D eigenvalue weighted by Gasteiger charge is -2.19. The van der Waals surface area contributed by atoms with Gasteiger partial charge in [0.15, 0.2) is 0 Å². The number of hydrogen-bond donors (Lipinski definition) is 0. The van der Waals surface area contributed by atoms with E-state index in [1.165, 1.54) is 42.9 Å². The first-order valence-corrected chi connectivity index (χ1v) is 8.35. The van der Waals surface area contributed by atoms with Crippen LogP contribution in [0.5, 0.6) is 0 Å². The molecule has 0 N–H and O–H groups in total. The minimum absolute atomic E-state index is 0.573. The Balaban J connectivity index is 1.75. The van der Waals surface area contributed by atoms with Crippen molar-refractivity contribution in [3.05, 3.63) is 70.8 Å². The van der Waals surface area contributed by atoms with Crippen LogP contribution in [0.2, 0.25) is 0 Å². The van der Waals surface area contributed by atoms with Gasteiger partial charge in [0, 0.05) is 11.8 Å². The molecule has 0 spiro atoms. The van der Waals surface area contributed by atoms with Gasteiger partial charge in [-0.25, -0.2) is 0 Å². The Bertz CT molecular complexity index is 783. The van der Waals surface area contributed by atoms with Crippen molar-refractivity contribution in [3.8, 4) is 0 Å². The molecule has 1 fully saturated rings. The quantitative estimate of drug-likeness (QED) is 0.528. The maximum Gasteiger partial charge on any atom is 0.0249 e. The van der Waals surface area contributed by atoms with Crippen molar-refractivity contribution in [2.75, 3.05) is 0 Å². The number of benzene rings is 2. The molecule has 0 heterocycles. The van der Waals surface area contributed by atoms with E-state index in [1.54, 1.807) is 22.3 Å². The third-order valence-corrected chi connectivity index (χ3v) is 5.68. The summed E-state index contributed by atoms with van der Waals surface area (Å²) in [6.07, 6.45) is 11.8. The SMILES string of the molecule is C1=CC2C(=C3CCCCC3)C1c1ccc3ccccc3c12. The van der Waals surface area contributed by atoms with Gasteiger partial charge in [0.05, 0.1) is 0 Å². The monoisotopic (exact) mass is 272 g/mol. The van der Waals surface area contributed by atoms with Gasteiger partial charge in [-0.2, -0.15) is 0 Å². The van der Waals surface area contributed by atoms with E-state index in [0.717, 1.165) is 0 Å². The minimum atomic E-state index is 0.573. The van der Waals surface area contributed by atoms with Gasteiger partial charge in [0.1, 0.15) is 0 Å². The molecule has 2 aromatic rings. The van der Waals surface area contributed by atoms with Gasteiger partial charge < -0.3 is 0 Å². The molecule has 0 saturated heterocycles. The van der Waals surface area contributed by atoms with Crippen LogP contribution in [0.25, 0.3) is 10.8 Å². The summed E-state index contributed by atoms with van der Waals surface area (Å²) in [7, 11) is 0. The van der Waals surface area contributed by atoms with Crippen LogP contribution in [-0.2, 0) is 0 Å². The van der Waals surface area contributed by atoms with Gasteiger partial charge in [0.2, 0.25) is 0 Å². The highest BCUT2D eigenvalue weighted by atomic mass is 14.4. The fraction of sp³-hybridized carbons (Fsp3) is 0.333. The van der Waals surface area contributed by atoms with Crippen LogP contribution in [0.1, 0.15) is 55.1 Å². The fourth-order valence-electron chi connectivity index (χ4n) is 4.78. The van der Waals surface area contributed by atoms with Crippen LogP contribution in [0, 0.1) is 0 Å². The molecule has 3 aliphatic carbocycles. The van der Waals surface area contributed by atoms with Crippen LogP contribution in [0.4, 0.5) is 0 Å². The Labute approximate surface area is 126 Å². The third kappa shape index (κ3) is 1.56. The second-order valence-corrected chi connectivity index (χ2v) is 6.75. The van der Waals surface area contributed by atoms with E-state index in [-0.39, 0.29) is 0 Å². The van der Waals surface area contributed by atoms with Crippen LogP contribution in [0.3, 0.4) is 0 Å². The van der Waals surface area contributed by atoms with E-state index in [4.69, 9.17) is 0 Å². The molecule has 1 saturated carbocycles. The summed E-state index contributed by atoms with van der Waals surface area (Å²) in [6.45, 7) is 0. The summed E-state index contributed by atoms with van der Waals surface area (Å²) in [5.74, 6) is 1.16. The first kappa shape index (κ1) is 11.8. The van der Waals surface area contributed by atoms with Crippen molar-refractivity contribution in [3.63, 3.8) is 0 Å². The molecule has 3 aliphatic rings. The van der Waals surface area contributed by atoms with E-state index in [1.807, 2.05) is 0 Å². The number of allylic oxidation sites excluding steroid dienone is 4. The third-order valence-electron chi connectivity index (χ3n) is 5.68. The van der Waals surface area contributed by atoms with Gasteiger partial charge in [-0.3, -0.25) is 0 Å². The predicted molar refractivity (Wildman–Crippen MR) is 88.7 cm³/mol. The Kier molecular flexibility index (Phi) is 2.44. The number of rotatable bonds is 0. The molecular weight excluding hydrogens is 252 g/mol. The number of hydrogen-bond acceptors (Lipinski definition) is 0. The zero-order valence-corrected chi connectivity index (χ0v) is 12.3. The first-order chi connectivity index (χ1) is 10.4. The van der Waals surface area contributed by atoms with Gasteiger partial charge in [0.25, 0.3) is 0 Å². The molecule has 5 rings (SSSR count). The average Bonchev–Trinajstić information content (AvgIpc) is 3.12. The van der Waals surface area contributed by atoms with Crippen LogP contribution in [-0.4, -0.2) is 0 Å². The van der Waals surface area contributed by atoms with Gasteiger partial charge >= 0.3 is 0 Å². The van der Waals surface area contributed by atoms with Crippen molar-refractivity contribution in [2.24, 2.45) is 0 Å². The minimum Gasteiger partial charge on any atom is -0.0760 e. The second-order valence-electron chi connectivity index (χ2n) is 6.75. The average molecular weight is 272 g/mol. The van der Waals surface area contributed by atoms with Gasteiger partial charge in [-0.05, 0) is 53.2 Å². The molecule has 0 aliphatic heterocycles. The summed E-state index contributed by atoms with van der Waals surface area (Å²) in [4.78, 5) is 0. The summed E-state index contributed by atoms with van der Waals surface area (Å²) in [5.41, 5.74) is 6.71. The molecule has 2 bridgehead atoms. The second kappa shape index (κ2) is 4.34. The molecule has 2 atom stereocenters. The molecule has 0 aromatic heterocycles. The van der Waals surface area contributed by atoms with Crippen LogP contribution < -0.4 is 0 Å². The Morgan fingerprint density at radius 1 is 0.762 bits per heavy atom. The fourth-order valence-corrected chi connectivity index (χ4v) is 4.78. The van der Waals surface area contributed by atoms with Crippen molar-refractivity contribution < 1.29 is 0 Å². The summed E-state index contributed by atoms with van der Waals surface area (Å²) >= 11 is 0. The van der Waals surface area contributed by atoms with E-state index >= 15 is 0 Å². The summed E-state index contributed by atoms with van der Waals surface area (Å²) in [6, 6.07) is 13.6. The maximum absolute atomic E-state index is 2.47. The molecule has 21 heavy (non-hydrogen) atoms. The first-order valence-electron chi connectivity index (χ1n) is 8.35. The van der Waals surface area contributed by atoms with E-state index in [0.29, 0.717) is 11.8 Å². The van der Waals surface area contributed by atoms with Gasteiger partial charge in [-0.15, -0.1) is 0 Å². The van der Waals surface area contributed by atoms with E-state index in [2.05, 4.69) is 48.6 Å². The highest BCUT2D eigenvalue weighted by molar-refractivity contribution is 5.90. The Hall–Kier alpha value is -1.82. The molecule has 0 nitrogen and oxygen atoms in total. The molecule has 104 valence electrons. The van der Waals surface area contributed by atoms with E-state index in [9.17, 15) is 0 Å². The molecule has 2 aromatic carbocycles. The zero-order valence-electron chi connectivity index (χ0n) is 12.3. The lowest BCUT2D eigenvalue weighted by molar-refractivity contribution is 0.588. The van der Waals surface area contributed by atoms with Crippen molar-refractivity contribution in [1.82, 2.24) is 0 Å². The lowest BCUT2D eigenvalue weighted by Crippen LogP contribution is -2.01. The van der Waals surface area contributed by atoms with Crippen molar-refractivity contribution in [2.45, 2.75) is 43.9 Å². The molecule has 0 radical (unpaired) electrons. The highest BCUT2D eigenvalue weighted by Crippen LogP contribution is 2.56. The molecular formula is C21H20. The van der Waals surface area contributed by atoms with Crippen molar-refractivity contribution in [1.29, 1.82) is 0 Å². The van der Waals surface area contributed by atoms with E-state index < -0.39 is 0 Å². The largest absolute Gasteiger partial charge is 0.0760 e. The number of fused-ring (bicyclic) bond motifs is 7. The topological polar surface area (TPSA) is 0 Å². The van der Waals surface area contributed by atoms with Gasteiger partial charge in [-0.1, -0.05) is 60.5 Å². The normalized spacial score (nSPS) is 26.7. The predicted octanol–water partition coefficient (Wildman–Crippen LogP) is 5.85. The van der Waals surface area contributed by atoms with Crippen molar-refractivity contribution >= 4 is 10.8 Å². The van der Waals surface area contributed by atoms with Crippen LogP contribution in [0.15, 0.2) is 59.7 Å². The summed E-state index contributed by atoms with van der Waals surface area (Å²) < 4.78 is 0. The lowest BCUT2D eigenvalue weighted by atomic mass is 9.85. The molecule has 2 unspecified atom stereocenters. The zero-order chi connectivity index (χ0) is 13.8. The molecule has 0 heteroatoms. The molecule has 0 amide bonds. The smallest absolute Gasteiger partial charge is 0.0249 e.